The van der Waals surface area contributed by atoms with Gasteiger partial charge in [0.1, 0.15) is 5.82 Å². The molecule has 0 aliphatic rings. The van der Waals surface area contributed by atoms with Crippen LogP contribution in [0.5, 0.6) is 0 Å². The molecule has 1 heterocycles. The second-order valence-corrected chi connectivity index (χ2v) is 5.95. The summed E-state index contributed by atoms with van der Waals surface area (Å²) in [5.74, 6) is 1.82. The summed E-state index contributed by atoms with van der Waals surface area (Å²) in [6, 6.07) is 10.3. The second kappa shape index (κ2) is 6.78. The normalized spacial score (nSPS) is 12.6. The standard InChI is InChI=1S/C15H20N2OS/c1-3-16-15-13(10-19-11(2)9-18)8-12-6-4-5-7-14(12)17-15/h4-8,11,18H,3,9-10H2,1-2H3,(H,16,17). The molecule has 2 N–H and O–H groups in total. The Hall–Kier alpha value is -1.26. The minimum atomic E-state index is 0.211. The molecule has 102 valence electrons. The van der Waals surface area contributed by atoms with E-state index in [4.69, 9.17) is 5.11 Å². The smallest absolute Gasteiger partial charge is 0.130 e. The van der Waals surface area contributed by atoms with E-state index >= 15 is 0 Å². The lowest BCUT2D eigenvalue weighted by Gasteiger charge is -2.13. The molecule has 0 amide bonds. The molecule has 1 unspecified atom stereocenters. The molecule has 4 heteroatoms. The van der Waals surface area contributed by atoms with Crippen LogP contribution in [0.4, 0.5) is 5.82 Å². The van der Waals surface area contributed by atoms with E-state index in [0.29, 0.717) is 0 Å². The number of aromatic nitrogens is 1. The first-order valence-corrected chi connectivity index (χ1v) is 7.64. The van der Waals surface area contributed by atoms with Gasteiger partial charge in [0.05, 0.1) is 12.1 Å². The topological polar surface area (TPSA) is 45.2 Å². The van der Waals surface area contributed by atoms with E-state index in [2.05, 4.69) is 29.4 Å². The van der Waals surface area contributed by atoms with Crippen LogP contribution in [0.25, 0.3) is 10.9 Å². The minimum absolute atomic E-state index is 0.211. The van der Waals surface area contributed by atoms with E-state index in [1.807, 2.05) is 25.1 Å². The van der Waals surface area contributed by atoms with Gasteiger partial charge in [0, 0.05) is 28.5 Å². The molecule has 0 saturated carbocycles. The molecule has 2 rings (SSSR count). The third kappa shape index (κ3) is 3.61. The molecule has 0 radical (unpaired) electrons. The van der Waals surface area contributed by atoms with Crippen molar-refractivity contribution in [2.75, 3.05) is 18.5 Å². The van der Waals surface area contributed by atoms with Crippen LogP contribution in [0.3, 0.4) is 0 Å². The van der Waals surface area contributed by atoms with Gasteiger partial charge in [0.15, 0.2) is 0 Å². The highest BCUT2D eigenvalue weighted by atomic mass is 32.2. The molecule has 1 aromatic heterocycles. The summed E-state index contributed by atoms with van der Waals surface area (Å²) in [5, 5.41) is 13.8. The Kier molecular flexibility index (Phi) is 5.05. The number of rotatable bonds is 6. The van der Waals surface area contributed by atoms with Gasteiger partial charge in [-0.15, -0.1) is 0 Å². The predicted octanol–water partition coefficient (Wildman–Crippen LogP) is 3.28. The molecule has 0 fully saturated rings. The van der Waals surface area contributed by atoms with Crippen LogP contribution in [0, 0.1) is 0 Å². The first-order valence-electron chi connectivity index (χ1n) is 6.59. The van der Waals surface area contributed by atoms with E-state index in [-0.39, 0.29) is 11.9 Å². The van der Waals surface area contributed by atoms with Gasteiger partial charge < -0.3 is 10.4 Å². The summed E-state index contributed by atoms with van der Waals surface area (Å²) in [4.78, 5) is 4.68. The molecule has 0 saturated heterocycles. The Bertz CT molecular complexity index is 545. The van der Waals surface area contributed by atoms with Crippen LogP contribution in [0.2, 0.25) is 0 Å². The highest BCUT2D eigenvalue weighted by Crippen LogP contribution is 2.26. The fourth-order valence-electron chi connectivity index (χ4n) is 1.87. The maximum absolute atomic E-state index is 9.11. The first kappa shape index (κ1) is 14.2. The zero-order chi connectivity index (χ0) is 13.7. The third-order valence-corrected chi connectivity index (χ3v) is 4.12. The van der Waals surface area contributed by atoms with Gasteiger partial charge in [-0.1, -0.05) is 25.1 Å². The number of hydrogen-bond acceptors (Lipinski definition) is 4. The summed E-state index contributed by atoms with van der Waals surface area (Å²) in [7, 11) is 0. The molecule has 0 spiro atoms. The maximum atomic E-state index is 9.11. The molecule has 0 bridgehead atoms. The number of aliphatic hydroxyl groups is 1. The molecule has 0 aliphatic carbocycles. The predicted molar refractivity (Wildman–Crippen MR) is 83.7 cm³/mol. The zero-order valence-corrected chi connectivity index (χ0v) is 12.2. The number of hydrogen-bond donors (Lipinski definition) is 2. The van der Waals surface area contributed by atoms with Crippen molar-refractivity contribution in [3.8, 4) is 0 Å². The molecule has 19 heavy (non-hydrogen) atoms. The van der Waals surface area contributed by atoms with Crippen LogP contribution in [0.15, 0.2) is 30.3 Å². The van der Waals surface area contributed by atoms with Crippen molar-refractivity contribution in [1.82, 2.24) is 4.98 Å². The number of fused-ring (bicyclic) bond motifs is 1. The van der Waals surface area contributed by atoms with Gasteiger partial charge in [0.2, 0.25) is 0 Å². The van der Waals surface area contributed by atoms with Crippen molar-refractivity contribution in [2.24, 2.45) is 0 Å². The van der Waals surface area contributed by atoms with Crippen LogP contribution < -0.4 is 5.32 Å². The van der Waals surface area contributed by atoms with Gasteiger partial charge in [-0.25, -0.2) is 4.98 Å². The quantitative estimate of drug-likeness (QED) is 0.850. The fourth-order valence-corrected chi connectivity index (χ4v) is 2.66. The van der Waals surface area contributed by atoms with Crippen LogP contribution in [0.1, 0.15) is 19.4 Å². The van der Waals surface area contributed by atoms with Gasteiger partial charge in [-0.05, 0) is 19.1 Å². The van der Waals surface area contributed by atoms with Crippen LogP contribution in [-0.2, 0) is 5.75 Å². The number of anilines is 1. The number of pyridine rings is 1. The van der Waals surface area contributed by atoms with Gasteiger partial charge in [0.25, 0.3) is 0 Å². The summed E-state index contributed by atoms with van der Waals surface area (Å²) in [5.41, 5.74) is 2.22. The molecule has 0 aliphatic heterocycles. The van der Waals surface area contributed by atoms with Crippen molar-refractivity contribution < 1.29 is 5.11 Å². The summed E-state index contributed by atoms with van der Waals surface area (Å²) < 4.78 is 0. The number of aliphatic hydroxyl groups excluding tert-OH is 1. The average Bonchev–Trinajstić information content (AvgIpc) is 2.45. The largest absolute Gasteiger partial charge is 0.395 e. The Morgan fingerprint density at radius 3 is 2.89 bits per heavy atom. The highest BCUT2D eigenvalue weighted by Gasteiger charge is 2.08. The zero-order valence-electron chi connectivity index (χ0n) is 11.4. The molecular formula is C15H20N2OS. The number of thioether (sulfide) groups is 1. The van der Waals surface area contributed by atoms with E-state index in [9.17, 15) is 0 Å². The SMILES string of the molecule is CCNc1nc2ccccc2cc1CSC(C)CO. The maximum Gasteiger partial charge on any atom is 0.130 e. The van der Waals surface area contributed by atoms with Crippen molar-refractivity contribution in [2.45, 2.75) is 24.9 Å². The van der Waals surface area contributed by atoms with Crippen molar-refractivity contribution >= 4 is 28.5 Å². The summed E-state index contributed by atoms with van der Waals surface area (Å²) in [6.07, 6.45) is 0. The molecular weight excluding hydrogens is 256 g/mol. The summed E-state index contributed by atoms with van der Waals surface area (Å²) in [6.45, 7) is 5.18. The van der Waals surface area contributed by atoms with E-state index in [1.165, 1.54) is 5.56 Å². The van der Waals surface area contributed by atoms with Crippen LogP contribution in [-0.4, -0.2) is 28.5 Å². The Balaban J connectivity index is 2.30. The lowest BCUT2D eigenvalue weighted by Crippen LogP contribution is -2.06. The molecule has 3 nitrogen and oxygen atoms in total. The van der Waals surface area contributed by atoms with Gasteiger partial charge in [-0.3, -0.25) is 0 Å². The highest BCUT2D eigenvalue weighted by molar-refractivity contribution is 7.99. The monoisotopic (exact) mass is 276 g/mol. The van der Waals surface area contributed by atoms with Crippen molar-refractivity contribution in [3.63, 3.8) is 0 Å². The summed E-state index contributed by atoms with van der Waals surface area (Å²) >= 11 is 1.75. The second-order valence-electron chi connectivity index (χ2n) is 4.52. The lowest BCUT2D eigenvalue weighted by atomic mass is 10.1. The molecule has 1 atom stereocenters. The Labute approximate surface area is 118 Å². The minimum Gasteiger partial charge on any atom is -0.395 e. The van der Waals surface area contributed by atoms with Gasteiger partial charge in [-0.2, -0.15) is 11.8 Å². The third-order valence-electron chi connectivity index (χ3n) is 2.93. The number of nitrogens with one attached hydrogen (secondary N) is 1. The van der Waals surface area contributed by atoms with E-state index < -0.39 is 0 Å². The number of benzene rings is 1. The first-order chi connectivity index (χ1) is 9.24. The Morgan fingerprint density at radius 1 is 1.37 bits per heavy atom. The number of nitrogens with zero attached hydrogens (tertiary/aromatic N) is 1. The van der Waals surface area contributed by atoms with E-state index in [1.54, 1.807) is 11.8 Å². The molecule has 1 aromatic carbocycles. The fraction of sp³-hybridized carbons (Fsp3) is 0.400. The Morgan fingerprint density at radius 2 is 2.16 bits per heavy atom. The number of para-hydroxylation sites is 1. The van der Waals surface area contributed by atoms with E-state index in [0.717, 1.165) is 29.0 Å². The van der Waals surface area contributed by atoms with Gasteiger partial charge >= 0.3 is 0 Å². The van der Waals surface area contributed by atoms with Crippen molar-refractivity contribution in [1.29, 1.82) is 0 Å². The van der Waals surface area contributed by atoms with Crippen molar-refractivity contribution in [3.05, 3.63) is 35.9 Å². The lowest BCUT2D eigenvalue weighted by molar-refractivity contribution is 0.300. The average molecular weight is 276 g/mol. The molecule has 2 aromatic rings. The van der Waals surface area contributed by atoms with Crippen LogP contribution >= 0.6 is 11.8 Å².